The molecule has 3 nitrogen and oxygen atoms in total. The Hall–Kier alpha value is -1.06. The van der Waals surface area contributed by atoms with Crippen LogP contribution < -0.4 is 10.1 Å². The van der Waals surface area contributed by atoms with Crippen molar-refractivity contribution in [3.05, 3.63) is 29.3 Å². The Kier molecular flexibility index (Phi) is 3.52. The van der Waals surface area contributed by atoms with E-state index in [0.29, 0.717) is 5.92 Å². The summed E-state index contributed by atoms with van der Waals surface area (Å²) in [7, 11) is 0. The molecule has 0 radical (unpaired) electrons. The molecule has 2 N–H and O–H groups in total. The number of rotatable bonds is 3. The van der Waals surface area contributed by atoms with E-state index in [1.807, 2.05) is 0 Å². The molecule has 2 atom stereocenters. The van der Waals surface area contributed by atoms with Gasteiger partial charge in [0, 0.05) is 13.0 Å². The number of hydrogen-bond acceptors (Lipinski definition) is 3. The molecule has 0 saturated carbocycles. The normalized spacial score (nSPS) is 26.7. The first-order chi connectivity index (χ1) is 8.83. The van der Waals surface area contributed by atoms with Crippen LogP contribution in [0.25, 0.3) is 0 Å². The highest BCUT2D eigenvalue weighted by Gasteiger charge is 2.22. The van der Waals surface area contributed by atoms with Gasteiger partial charge in [0.25, 0.3) is 0 Å². The van der Waals surface area contributed by atoms with Gasteiger partial charge < -0.3 is 15.2 Å². The lowest BCUT2D eigenvalue weighted by Crippen LogP contribution is -2.40. The lowest BCUT2D eigenvalue weighted by atomic mass is 9.90. The third-order valence-electron chi connectivity index (χ3n) is 4.13. The van der Waals surface area contributed by atoms with E-state index >= 15 is 0 Å². The molecule has 1 aromatic rings. The van der Waals surface area contributed by atoms with Crippen LogP contribution in [0.2, 0.25) is 0 Å². The van der Waals surface area contributed by atoms with Gasteiger partial charge >= 0.3 is 0 Å². The standard InChI is InChI=1S/C15H21NO2/c17-14-5-7-16-10-13(14)3-1-11-2-4-15-12(9-11)6-8-18-15/h2,4,9,13-14,16-17H,1,3,5-8,10H2. The zero-order valence-corrected chi connectivity index (χ0v) is 10.7. The molecular formula is C15H21NO2. The summed E-state index contributed by atoms with van der Waals surface area (Å²) in [5.41, 5.74) is 2.71. The maximum Gasteiger partial charge on any atom is 0.122 e. The zero-order valence-electron chi connectivity index (χ0n) is 10.7. The fourth-order valence-corrected chi connectivity index (χ4v) is 2.95. The van der Waals surface area contributed by atoms with Gasteiger partial charge in [-0.15, -0.1) is 0 Å². The second-order valence-electron chi connectivity index (χ2n) is 5.40. The summed E-state index contributed by atoms with van der Waals surface area (Å²) in [5, 5.41) is 13.3. The Balaban J connectivity index is 1.59. The summed E-state index contributed by atoms with van der Waals surface area (Å²) in [6, 6.07) is 6.52. The maximum atomic E-state index is 9.94. The minimum atomic E-state index is -0.121. The third kappa shape index (κ3) is 2.52. The van der Waals surface area contributed by atoms with Crippen molar-refractivity contribution in [1.29, 1.82) is 0 Å². The molecule has 2 aliphatic rings. The van der Waals surface area contributed by atoms with Crippen molar-refractivity contribution in [2.24, 2.45) is 5.92 Å². The van der Waals surface area contributed by atoms with Gasteiger partial charge in [0.2, 0.25) is 0 Å². The molecule has 3 heteroatoms. The predicted octanol–water partition coefficient (Wildman–Crippen LogP) is 1.52. The lowest BCUT2D eigenvalue weighted by molar-refractivity contribution is 0.0747. The van der Waals surface area contributed by atoms with Gasteiger partial charge in [-0.05, 0) is 48.9 Å². The summed E-state index contributed by atoms with van der Waals surface area (Å²) in [5.74, 6) is 1.46. The van der Waals surface area contributed by atoms with Gasteiger partial charge in [0.05, 0.1) is 12.7 Å². The highest BCUT2D eigenvalue weighted by Crippen LogP contribution is 2.27. The molecule has 0 aliphatic carbocycles. The van der Waals surface area contributed by atoms with E-state index in [4.69, 9.17) is 4.74 Å². The predicted molar refractivity (Wildman–Crippen MR) is 70.9 cm³/mol. The highest BCUT2D eigenvalue weighted by molar-refractivity contribution is 5.39. The van der Waals surface area contributed by atoms with Gasteiger partial charge in [-0.3, -0.25) is 0 Å². The first kappa shape index (κ1) is 12.0. The fraction of sp³-hybridized carbons (Fsp3) is 0.600. The highest BCUT2D eigenvalue weighted by atomic mass is 16.5. The SMILES string of the molecule is OC1CCNCC1CCc1ccc2c(c1)CCO2. The number of fused-ring (bicyclic) bond motifs is 1. The molecule has 0 spiro atoms. The van der Waals surface area contributed by atoms with Crippen LogP contribution in [0.1, 0.15) is 24.0 Å². The topological polar surface area (TPSA) is 41.5 Å². The van der Waals surface area contributed by atoms with Crippen LogP contribution in [0.5, 0.6) is 5.75 Å². The zero-order chi connectivity index (χ0) is 12.4. The number of aliphatic hydroxyl groups excluding tert-OH is 1. The van der Waals surface area contributed by atoms with Gasteiger partial charge in [-0.1, -0.05) is 12.1 Å². The largest absolute Gasteiger partial charge is 0.493 e. The molecular weight excluding hydrogens is 226 g/mol. The van der Waals surface area contributed by atoms with Crippen molar-refractivity contribution >= 4 is 0 Å². The molecule has 1 fully saturated rings. The first-order valence-corrected chi connectivity index (χ1v) is 6.96. The summed E-state index contributed by atoms with van der Waals surface area (Å²) < 4.78 is 5.51. The van der Waals surface area contributed by atoms with Crippen molar-refractivity contribution in [2.75, 3.05) is 19.7 Å². The number of hydrogen-bond donors (Lipinski definition) is 2. The number of piperidine rings is 1. The molecule has 1 saturated heterocycles. The van der Waals surface area contributed by atoms with E-state index in [-0.39, 0.29) is 6.10 Å². The van der Waals surface area contributed by atoms with Gasteiger partial charge in [0.1, 0.15) is 5.75 Å². The van der Waals surface area contributed by atoms with Crippen LogP contribution in [0.4, 0.5) is 0 Å². The number of benzene rings is 1. The van der Waals surface area contributed by atoms with Crippen LogP contribution in [-0.4, -0.2) is 30.9 Å². The average molecular weight is 247 g/mol. The smallest absolute Gasteiger partial charge is 0.122 e. The Morgan fingerprint density at radius 1 is 1.39 bits per heavy atom. The first-order valence-electron chi connectivity index (χ1n) is 6.96. The number of aliphatic hydroxyl groups is 1. The monoisotopic (exact) mass is 247 g/mol. The molecule has 98 valence electrons. The Morgan fingerprint density at radius 2 is 2.33 bits per heavy atom. The molecule has 0 aromatic heterocycles. The second-order valence-corrected chi connectivity index (χ2v) is 5.40. The van der Waals surface area contributed by atoms with Crippen LogP contribution in [-0.2, 0) is 12.8 Å². The van der Waals surface area contributed by atoms with E-state index < -0.39 is 0 Å². The van der Waals surface area contributed by atoms with Crippen molar-refractivity contribution in [3.63, 3.8) is 0 Å². The third-order valence-corrected chi connectivity index (χ3v) is 4.13. The van der Waals surface area contributed by atoms with E-state index in [9.17, 15) is 5.11 Å². The van der Waals surface area contributed by atoms with Gasteiger partial charge in [-0.25, -0.2) is 0 Å². The van der Waals surface area contributed by atoms with Crippen molar-refractivity contribution in [3.8, 4) is 5.75 Å². The van der Waals surface area contributed by atoms with Crippen LogP contribution >= 0.6 is 0 Å². The summed E-state index contributed by atoms with van der Waals surface area (Å²) in [6.45, 7) is 2.73. The van der Waals surface area contributed by atoms with Gasteiger partial charge in [-0.2, -0.15) is 0 Å². The molecule has 2 unspecified atom stereocenters. The van der Waals surface area contributed by atoms with E-state index in [1.54, 1.807) is 0 Å². The molecule has 18 heavy (non-hydrogen) atoms. The van der Waals surface area contributed by atoms with E-state index in [2.05, 4.69) is 23.5 Å². The number of aryl methyl sites for hydroxylation is 1. The van der Waals surface area contributed by atoms with Gasteiger partial charge in [0.15, 0.2) is 0 Å². The second kappa shape index (κ2) is 5.29. The molecule has 3 rings (SSSR count). The molecule has 0 bridgehead atoms. The van der Waals surface area contributed by atoms with Crippen LogP contribution in [0.15, 0.2) is 18.2 Å². The maximum absolute atomic E-state index is 9.94. The average Bonchev–Trinajstić information content (AvgIpc) is 2.85. The van der Waals surface area contributed by atoms with Crippen LogP contribution in [0.3, 0.4) is 0 Å². The van der Waals surface area contributed by atoms with Crippen molar-refractivity contribution in [1.82, 2.24) is 5.32 Å². The summed E-state index contributed by atoms with van der Waals surface area (Å²) in [6.07, 6.45) is 3.92. The Morgan fingerprint density at radius 3 is 3.22 bits per heavy atom. The minimum absolute atomic E-state index is 0.121. The minimum Gasteiger partial charge on any atom is -0.493 e. The molecule has 1 aromatic carbocycles. The molecule has 2 heterocycles. The molecule has 0 amide bonds. The Bertz CT molecular complexity index is 419. The number of ether oxygens (including phenoxy) is 1. The van der Waals surface area contributed by atoms with E-state index in [0.717, 1.165) is 51.1 Å². The number of nitrogens with one attached hydrogen (secondary N) is 1. The van der Waals surface area contributed by atoms with Crippen molar-refractivity contribution < 1.29 is 9.84 Å². The van der Waals surface area contributed by atoms with Crippen molar-refractivity contribution in [2.45, 2.75) is 31.8 Å². The van der Waals surface area contributed by atoms with Crippen LogP contribution in [0, 0.1) is 5.92 Å². The Labute approximate surface area is 108 Å². The molecule has 2 aliphatic heterocycles. The lowest BCUT2D eigenvalue weighted by Gasteiger charge is -2.28. The van der Waals surface area contributed by atoms with E-state index in [1.165, 1.54) is 11.1 Å². The summed E-state index contributed by atoms with van der Waals surface area (Å²) >= 11 is 0. The quantitative estimate of drug-likeness (QED) is 0.851. The fourth-order valence-electron chi connectivity index (χ4n) is 2.95. The summed E-state index contributed by atoms with van der Waals surface area (Å²) in [4.78, 5) is 0.